The molecule has 3 rings (SSSR count). The molecule has 1 fully saturated rings. The Morgan fingerprint density at radius 3 is 2.62 bits per heavy atom. The number of rotatable bonds is 3. The first-order valence-corrected chi connectivity index (χ1v) is 8.98. The van der Waals surface area contributed by atoms with Gasteiger partial charge in [-0.05, 0) is 52.2 Å². The Labute approximate surface area is 153 Å². The molecule has 0 bridgehead atoms. The average molecular weight is 358 g/mol. The Morgan fingerprint density at radius 1 is 1.23 bits per heavy atom. The fourth-order valence-electron chi connectivity index (χ4n) is 3.01. The minimum atomic E-state index is -0.520. The minimum absolute atomic E-state index is 0.0636. The second-order valence-electron chi connectivity index (χ2n) is 7.54. The van der Waals surface area contributed by atoms with Crippen molar-refractivity contribution in [3.8, 4) is 5.88 Å². The summed E-state index contributed by atoms with van der Waals surface area (Å²) in [6, 6.07) is 7.43. The quantitative estimate of drug-likeness (QED) is 0.904. The van der Waals surface area contributed by atoms with Crippen molar-refractivity contribution >= 4 is 22.9 Å². The van der Waals surface area contributed by atoms with Crippen molar-refractivity contribution in [2.24, 2.45) is 0 Å². The lowest BCUT2D eigenvalue weighted by Gasteiger charge is -2.36. The summed E-state index contributed by atoms with van der Waals surface area (Å²) >= 11 is 0. The number of amides is 1. The fraction of sp³-hybridized carbons (Fsp3) is 0.526. The number of anilines is 1. The Bertz CT molecular complexity index is 788. The van der Waals surface area contributed by atoms with Crippen molar-refractivity contribution in [1.82, 2.24) is 14.9 Å². The summed E-state index contributed by atoms with van der Waals surface area (Å²) in [5.41, 5.74) is 6.91. The summed E-state index contributed by atoms with van der Waals surface area (Å²) in [6.07, 6.45) is 2.57. The molecule has 1 aromatic heterocycles. The number of nitrogens with zero attached hydrogens (tertiary/aromatic N) is 3. The van der Waals surface area contributed by atoms with Crippen LogP contribution < -0.4 is 10.5 Å². The molecule has 2 aromatic rings. The van der Waals surface area contributed by atoms with E-state index < -0.39 is 5.60 Å². The first kappa shape index (κ1) is 18.2. The number of aromatic nitrogens is 2. The lowest BCUT2D eigenvalue weighted by Crippen LogP contribution is -2.48. The second kappa shape index (κ2) is 7.35. The summed E-state index contributed by atoms with van der Waals surface area (Å²) in [5.74, 6) is 0.557. The van der Waals surface area contributed by atoms with Crippen LogP contribution in [0.1, 0.15) is 40.0 Å². The largest absolute Gasteiger partial charge is 0.473 e. The van der Waals surface area contributed by atoms with E-state index in [0.717, 1.165) is 30.3 Å². The summed E-state index contributed by atoms with van der Waals surface area (Å²) in [6.45, 7) is 6.58. The summed E-state index contributed by atoms with van der Waals surface area (Å²) in [4.78, 5) is 23.0. The summed E-state index contributed by atoms with van der Waals surface area (Å²) in [7, 11) is 0. The van der Waals surface area contributed by atoms with E-state index in [1.165, 1.54) is 0 Å². The highest BCUT2D eigenvalue weighted by molar-refractivity contribution is 5.76. The normalized spacial score (nSPS) is 18.0. The standard InChI is InChI=1S/C19H26N4O3/c1-19(2,3)26-18(24)23-11-7-6-8-13(23)12-25-17-16(20)21-14-9-4-5-10-15(14)22-17/h4-5,9-10,13H,6-8,11-12H2,1-3H3,(H2,20,21)/t13-/m0/s1. The molecule has 1 amide bonds. The van der Waals surface area contributed by atoms with Gasteiger partial charge in [-0.1, -0.05) is 12.1 Å². The summed E-state index contributed by atoms with van der Waals surface area (Å²) < 4.78 is 11.4. The molecule has 0 saturated carbocycles. The van der Waals surface area contributed by atoms with Gasteiger partial charge in [0.25, 0.3) is 5.88 Å². The van der Waals surface area contributed by atoms with E-state index >= 15 is 0 Å². The Balaban J connectivity index is 1.70. The number of ether oxygens (including phenoxy) is 2. The van der Waals surface area contributed by atoms with Gasteiger partial charge in [0, 0.05) is 6.54 Å². The number of piperidine rings is 1. The third kappa shape index (κ3) is 4.33. The van der Waals surface area contributed by atoms with Gasteiger partial charge in [-0.3, -0.25) is 0 Å². The van der Waals surface area contributed by atoms with Crippen LogP contribution in [-0.2, 0) is 4.74 Å². The molecular weight excluding hydrogens is 332 g/mol. The number of hydrogen-bond donors (Lipinski definition) is 1. The predicted molar refractivity (Wildman–Crippen MR) is 100 cm³/mol. The monoisotopic (exact) mass is 358 g/mol. The third-order valence-electron chi connectivity index (χ3n) is 4.23. The number of para-hydroxylation sites is 2. The van der Waals surface area contributed by atoms with Crippen LogP contribution in [0.25, 0.3) is 11.0 Å². The van der Waals surface area contributed by atoms with Crippen molar-refractivity contribution in [2.45, 2.75) is 51.7 Å². The number of nitrogens with two attached hydrogens (primary N) is 1. The number of likely N-dealkylation sites (tertiary alicyclic amines) is 1. The van der Waals surface area contributed by atoms with Gasteiger partial charge < -0.3 is 20.1 Å². The first-order valence-electron chi connectivity index (χ1n) is 8.98. The third-order valence-corrected chi connectivity index (χ3v) is 4.23. The first-order chi connectivity index (χ1) is 12.3. The Kier molecular flexibility index (Phi) is 5.15. The number of benzene rings is 1. The smallest absolute Gasteiger partial charge is 0.410 e. The Morgan fingerprint density at radius 2 is 1.92 bits per heavy atom. The lowest BCUT2D eigenvalue weighted by molar-refractivity contribution is 0.00341. The maximum absolute atomic E-state index is 12.5. The van der Waals surface area contributed by atoms with Gasteiger partial charge in [0.05, 0.1) is 17.1 Å². The molecule has 26 heavy (non-hydrogen) atoms. The number of nitrogen functional groups attached to an aromatic ring is 1. The summed E-state index contributed by atoms with van der Waals surface area (Å²) in [5, 5.41) is 0. The molecule has 1 aliphatic heterocycles. The van der Waals surface area contributed by atoms with E-state index in [-0.39, 0.29) is 18.0 Å². The number of fused-ring (bicyclic) bond motifs is 1. The number of carbonyl (C=O) groups is 1. The van der Waals surface area contributed by atoms with Gasteiger partial charge in [-0.2, -0.15) is 0 Å². The van der Waals surface area contributed by atoms with Crippen molar-refractivity contribution in [1.29, 1.82) is 0 Å². The predicted octanol–water partition coefficient (Wildman–Crippen LogP) is 3.38. The minimum Gasteiger partial charge on any atom is -0.473 e. The van der Waals surface area contributed by atoms with Gasteiger partial charge in [-0.25, -0.2) is 14.8 Å². The molecule has 0 spiro atoms. The molecule has 0 aliphatic carbocycles. The second-order valence-corrected chi connectivity index (χ2v) is 7.54. The highest BCUT2D eigenvalue weighted by atomic mass is 16.6. The van der Waals surface area contributed by atoms with Gasteiger partial charge >= 0.3 is 6.09 Å². The average Bonchev–Trinajstić information content (AvgIpc) is 2.58. The molecule has 2 N–H and O–H groups in total. The maximum Gasteiger partial charge on any atom is 0.410 e. The van der Waals surface area contributed by atoms with Crippen LogP contribution in [-0.4, -0.2) is 45.8 Å². The van der Waals surface area contributed by atoms with E-state index in [2.05, 4.69) is 9.97 Å². The van der Waals surface area contributed by atoms with E-state index in [0.29, 0.717) is 19.0 Å². The van der Waals surface area contributed by atoms with E-state index in [4.69, 9.17) is 15.2 Å². The zero-order chi connectivity index (χ0) is 18.7. The van der Waals surface area contributed by atoms with E-state index in [9.17, 15) is 4.79 Å². The zero-order valence-corrected chi connectivity index (χ0v) is 15.6. The van der Waals surface area contributed by atoms with Crippen LogP contribution >= 0.6 is 0 Å². The van der Waals surface area contributed by atoms with Crippen LogP contribution in [0.4, 0.5) is 10.6 Å². The van der Waals surface area contributed by atoms with Crippen molar-refractivity contribution < 1.29 is 14.3 Å². The highest BCUT2D eigenvalue weighted by Gasteiger charge is 2.31. The molecule has 1 saturated heterocycles. The highest BCUT2D eigenvalue weighted by Crippen LogP contribution is 2.24. The van der Waals surface area contributed by atoms with E-state index in [1.807, 2.05) is 45.0 Å². The molecule has 1 aromatic carbocycles. The molecule has 7 heteroatoms. The lowest BCUT2D eigenvalue weighted by atomic mass is 10.0. The molecule has 7 nitrogen and oxygen atoms in total. The molecule has 140 valence electrons. The van der Waals surface area contributed by atoms with Gasteiger partial charge in [0.15, 0.2) is 5.82 Å². The van der Waals surface area contributed by atoms with Crippen molar-refractivity contribution in [3.63, 3.8) is 0 Å². The van der Waals surface area contributed by atoms with Crippen LogP contribution in [0.3, 0.4) is 0 Å². The fourth-order valence-corrected chi connectivity index (χ4v) is 3.01. The van der Waals surface area contributed by atoms with Crippen LogP contribution in [0.2, 0.25) is 0 Å². The number of hydrogen-bond acceptors (Lipinski definition) is 6. The van der Waals surface area contributed by atoms with Crippen molar-refractivity contribution in [3.05, 3.63) is 24.3 Å². The molecule has 1 atom stereocenters. The molecule has 0 radical (unpaired) electrons. The molecular formula is C19H26N4O3. The van der Waals surface area contributed by atoms with Gasteiger partial charge in [0.2, 0.25) is 0 Å². The van der Waals surface area contributed by atoms with E-state index in [1.54, 1.807) is 4.90 Å². The maximum atomic E-state index is 12.5. The van der Waals surface area contributed by atoms with Gasteiger partial charge in [0.1, 0.15) is 12.2 Å². The number of carbonyl (C=O) groups excluding carboxylic acids is 1. The van der Waals surface area contributed by atoms with Crippen LogP contribution in [0, 0.1) is 0 Å². The SMILES string of the molecule is CC(C)(C)OC(=O)N1CCCC[C@H]1COc1nc2ccccc2nc1N. The molecule has 0 unspecified atom stereocenters. The molecule has 1 aliphatic rings. The Hall–Kier alpha value is -2.57. The van der Waals surface area contributed by atoms with Crippen LogP contribution in [0.15, 0.2) is 24.3 Å². The topological polar surface area (TPSA) is 90.6 Å². The van der Waals surface area contributed by atoms with Gasteiger partial charge in [-0.15, -0.1) is 0 Å². The zero-order valence-electron chi connectivity index (χ0n) is 15.6. The van der Waals surface area contributed by atoms with Crippen molar-refractivity contribution in [2.75, 3.05) is 18.9 Å². The molecule has 2 heterocycles. The van der Waals surface area contributed by atoms with Crippen LogP contribution in [0.5, 0.6) is 5.88 Å².